The Balaban J connectivity index is 1.44. The number of benzene rings is 3. The summed E-state index contributed by atoms with van der Waals surface area (Å²) >= 11 is 1.57. The molecule has 0 fully saturated rings. The summed E-state index contributed by atoms with van der Waals surface area (Å²) in [5.41, 5.74) is 8.65. The fourth-order valence-corrected chi connectivity index (χ4v) is 4.50. The maximum Gasteiger partial charge on any atom is 0.225 e. The highest BCUT2D eigenvalue weighted by molar-refractivity contribution is 7.99. The van der Waals surface area contributed by atoms with Crippen LogP contribution in [0.5, 0.6) is 0 Å². The van der Waals surface area contributed by atoms with E-state index in [1.165, 1.54) is 16.7 Å². The van der Waals surface area contributed by atoms with Gasteiger partial charge in [0.25, 0.3) is 0 Å². The van der Waals surface area contributed by atoms with Crippen LogP contribution in [0.2, 0.25) is 0 Å². The van der Waals surface area contributed by atoms with Crippen molar-refractivity contribution in [3.8, 4) is 22.5 Å². The van der Waals surface area contributed by atoms with Gasteiger partial charge in [0.05, 0.1) is 11.4 Å². The Labute approximate surface area is 206 Å². The quantitative estimate of drug-likeness (QED) is 0.261. The summed E-state index contributed by atoms with van der Waals surface area (Å²) in [4.78, 5) is 20.8. The number of aryl methyl sites for hydroxylation is 2. The van der Waals surface area contributed by atoms with Crippen LogP contribution < -0.4 is 5.32 Å². The Morgan fingerprint density at radius 2 is 1.47 bits per heavy atom. The Hall–Kier alpha value is -3.31. The van der Waals surface area contributed by atoms with Crippen LogP contribution in [0.25, 0.3) is 22.5 Å². The predicted octanol–water partition coefficient (Wildman–Crippen LogP) is 7.60. The summed E-state index contributed by atoms with van der Waals surface area (Å²) in [5.74, 6) is 1.13. The number of carbonyl (C=O) groups excluding carboxylic acids is 1. The first-order chi connectivity index (χ1) is 16.4. The molecule has 0 bridgehead atoms. The third-order valence-electron chi connectivity index (χ3n) is 5.78. The van der Waals surface area contributed by atoms with Crippen molar-refractivity contribution in [2.24, 2.45) is 0 Å². The van der Waals surface area contributed by atoms with Crippen molar-refractivity contribution < 1.29 is 4.79 Å². The number of nitrogens with one attached hydrogen (secondary N) is 2. The van der Waals surface area contributed by atoms with Crippen LogP contribution in [0.4, 0.5) is 5.69 Å². The fourth-order valence-electron chi connectivity index (χ4n) is 3.68. The molecule has 0 aliphatic carbocycles. The number of aromatic amines is 1. The molecule has 0 spiro atoms. The molecule has 0 saturated carbocycles. The molecule has 0 atom stereocenters. The second kappa shape index (κ2) is 10.7. The number of aromatic nitrogens is 2. The standard InChI is InChI=1S/C29H31N3OS/c1-19(2)22-13-15-25(16-14-22)30-26(33)17-18-34-29-31-27(23-9-5-20(3)6-10-23)28(32-29)24-11-7-21(4)8-12-24/h5-16,19H,17-18H2,1-4H3,(H,30,33)(H,31,32). The number of nitrogens with zero attached hydrogens (tertiary/aromatic N) is 1. The molecule has 1 heterocycles. The van der Waals surface area contributed by atoms with Gasteiger partial charge in [-0.1, -0.05) is 97.4 Å². The molecular formula is C29H31N3OS. The lowest BCUT2D eigenvalue weighted by Crippen LogP contribution is -2.12. The molecule has 1 amide bonds. The van der Waals surface area contributed by atoms with Gasteiger partial charge >= 0.3 is 0 Å². The number of thioether (sulfide) groups is 1. The van der Waals surface area contributed by atoms with Crippen molar-refractivity contribution in [3.63, 3.8) is 0 Å². The maximum atomic E-state index is 12.4. The SMILES string of the molecule is Cc1ccc(-c2nc(SCCC(=O)Nc3ccc(C(C)C)cc3)[nH]c2-c2ccc(C)cc2)cc1. The molecule has 0 radical (unpaired) electrons. The molecule has 4 rings (SSSR count). The number of hydrogen-bond acceptors (Lipinski definition) is 3. The van der Waals surface area contributed by atoms with E-state index in [2.05, 4.69) is 98.7 Å². The highest BCUT2D eigenvalue weighted by atomic mass is 32.2. The average Bonchev–Trinajstić information content (AvgIpc) is 3.24. The number of hydrogen-bond donors (Lipinski definition) is 2. The molecule has 174 valence electrons. The van der Waals surface area contributed by atoms with Gasteiger partial charge in [-0.3, -0.25) is 4.79 Å². The number of rotatable bonds is 8. The Morgan fingerprint density at radius 1 is 0.882 bits per heavy atom. The molecule has 5 heteroatoms. The summed E-state index contributed by atoms with van der Waals surface area (Å²) in [6, 6.07) is 24.9. The zero-order valence-electron chi connectivity index (χ0n) is 20.2. The summed E-state index contributed by atoms with van der Waals surface area (Å²) in [6.07, 6.45) is 0.414. The van der Waals surface area contributed by atoms with Gasteiger partial charge in [0, 0.05) is 29.0 Å². The summed E-state index contributed by atoms with van der Waals surface area (Å²) < 4.78 is 0. The molecule has 34 heavy (non-hydrogen) atoms. The molecule has 0 unspecified atom stereocenters. The minimum Gasteiger partial charge on any atom is -0.332 e. The van der Waals surface area contributed by atoms with E-state index in [0.717, 1.165) is 33.4 Å². The first-order valence-corrected chi connectivity index (χ1v) is 12.6. The lowest BCUT2D eigenvalue weighted by atomic mass is 10.0. The van der Waals surface area contributed by atoms with Crippen molar-refractivity contribution in [3.05, 3.63) is 89.5 Å². The van der Waals surface area contributed by atoms with E-state index in [0.29, 0.717) is 18.1 Å². The van der Waals surface area contributed by atoms with Crippen LogP contribution in [0.3, 0.4) is 0 Å². The van der Waals surface area contributed by atoms with Gasteiger partial charge in [0.15, 0.2) is 5.16 Å². The van der Waals surface area contributed by atoms with Gasteiger partial charge < -0.3 is 10.3 Å². The van der Waals surface area contributed by atoms with Crippen LogP contribution in [0.1, 0.15) is 42.9 Å². The third kappa shape index (κ3) is 5.97. The number of imidazole rings is 1. The second-order valence-electron chi connectivity index (χ2n) is 8.92. The second-order valence-corrected chi connectivity index (χ2v) is 10.0. The first kappa shape index (κ1) is 23.8. The number of amides is 1. The van der Waals surface area contributed by atoms with Gasteiger partial charge in [0.1, 0.15) is 0 Å². The van der Waals surface area contributed by atoms with Crippen molar-refractivity contribution in [1.82, 2.24) is 9.97 Å². The maximum absolute atomic E-state index is 12.4. The molecule has 4 aromatic rings. The van der Waals surface area contributed by atoms with Crippen LogP contribution in [0.15, 0.2) is 78.0 Å². The third-order valence-corrected chi connectivity index (χ3v) is 6.65. The molecule has 0 aliphatic rings. The Bertz CT molecular complexity index is 1180. The normalized spacial score (nSPS) is 11.1. The molecule has 0 saturated heterocycles. The Kier molecular flexibility index (Phi) is 7.53. The Morgan fingerprint density at radius 3 is 2.06 bits per heavy atom. The van der Waals surface area contributed by atoms with E-state index < -0.39 is 0 Å². The lowest BCUT2D eigenvalue weighted by Gasteiger charge is -2.08. The highest BCUT2D eigenvalue weighted by Gasteiger charge is 2.15. The zero-order chi connectivity index (χ0) is 24.1. The number of H-pyrrole nitrogens is 1. The van der Waals surface area contributed by atoms with Gasteiger partial charge in [-0.05, 0) is 37.5 Å². The van der Waals surface area contributed by atoms with Crippen molar-refractivity contribution in [2.75, 3.05) is 11.1 Å². The average molecular weight is 470 g/mol. The van der Waals surface area contributed by atoms with E-state index in [4.69, 9.17) is 4.98 Å². The number of carbonyl (C=O) groups is 1. The van der Waals surface area contributed by atoms with E-state index in [-0.39, 0.29) is 5.91 Å². The van der Waals surface area contributed by atoms with Gasteiger partial charge in [-0.25, -0.2) is 4.98 Å². The van der Waals surface area contributed by atoms with Gasteiger partial charge in [0.2, 0.25) is 5.91 Å². The van der Waals surface area contributed by atoms with Crippen LogP contribution in [-0.2, 0) is 4.79 Å². The summed E-state index contributed by atoms with van der Waals surface area (Å²) in [6.45, 7) is 8.49. The highest BCUT2D eigenvalue weighted by Crippen LogP contribution is 2.33. The van der Waals surface area contributed by atoms with E-state index in [9.17, 15) is 4.79 Å². The van der Waals surface area contributed by atoms with Crippen LogP contribution in [-0.4, -0.2) is 21.6 Å². The fraction of sp³-hybridized carbons (Fsp3) is 0.241. The van der Waals surface area contributed by atoms with E-state index in [1.54, 1.807) is 11.8 Å². The number of anilines is 1. The minimum atomic E-state index is 0.00821. The molecule has 2 N–H and O–H groups in total. The molecule has 1 aromatic heterocycles. The predicted molar refractivity (Wildman–Crippen MR) is 143 cm³/mol. The molecular weight excluding hydrogens is 438 g/mol. The minimum absolute atomic E-state index is 0.00821. The molecule has 3 aromatic carbocycles. The first-order valence-electron chi connectivity index (χ1n) is 11.7. The van der Waals surface area contributed by atoms with Gasteiger partial charge in [-0.15, -0.1) is 0 Å². The van der Waals surface area contributed by atoms with Crippen molar-refractivity contribution >= 4 is 23.4 Å². The summed E-state index contributed by atoms with van der Waals surface area (Å²) in [5, 5.41) is 3.81. The largest absolute Gasteiger partial charge is 0.332 e. The zero-order valence-corrected chi connectivity index (χ0v) is 21.0. The van der Waals surface area contributed by atoms with Crippen molar-refractivity contribution in [2.45, 2.75) is 45.2 Å². The smallest absolute Gasteiger partial charge is 0.225 e. The van der Waals surface area contributed by atoms with E-state index >= 15 is 0 Å². The molecule has 4 nitrogen and oxygen atoms in total. The van der Waals surface area contributed by atoms with Crippen molar-refractivity contribution in [1.29, 1.82) is 0 Å². The molecule has 0 aliphatic heterocycles. The lowest BCUT2D eigenvalue weighted by molar-refractivity contribution is -0.115. The summed E-state index contributed by atoms with van der Waals surface area (Å²) in [7, 11) is 0. The van der Waals surface area contributed by atoms with E-state index in [1.807, 2.05) is 12.1 Å². The van der Waals surface area contributed by atoms with Crippen LogP contribution >= 0.6 is 11.8 Å². The van der Waals surface area contributed by atoms with Crippen LogP contribution in [0, 0.1) is 13.8 Å². The van der Waals surface area contributed by atoms with Gasteiger partial charge in [-0.2, -0.15) is 0 Å². The monoisotopic (exact) mass is 469 g/mol. The topological polar surface area (TPSA) is 57.8 Å².